The molecule has 1 amide bonds. The van der Waals surface area contributed by atoms with E-state index in [1.54, 1.807) is 0 Å². The average Bonchev–Trinajstić information content (AvgIpc) is 2.48. The van der Waals surface area contributed by atoms with Crippen LogP contribution in [-0.4, -0.2) is 5.91 Å². The van der Waals surface area contributed by atoms with Crippen molar-refractivity contribution in [2.45, 2.75) is 32.6 Å². The molecule has 2 aromatic rings. The van der Waals surface area contributed by atoms with Crippen molar-refractivity contribution in [3.05, 3.63) is 40.9 Å². The van der Waals surface area contributed by atoms with E-state index in [-0.39, 0.29) is 11.8 Å². The minimum Gasteiger partial charge on any atom is -0.326 e. The molecule has 21 heavy (non-hydrogen) atoms. The number of hydrogen-bond acceptors (Lipinski definition) is 1. The summed E-state index contributed by atoms with van der Waals surface area (Å²) in [6.07, 6.45) is 4.38. The molecule has 0 radical (unpaired) electrons. The SMILES string of the molecule is CC1CCC(C(=O)Nc2ccc3cc(Br)ccc3c2)CC1. The zero-order valence-electron chi connectivity index (χ0n) is 12.2. The fourth-order valence-electron chi connectivity index (χ4n) is 3.06. The summed E-state index contributed by atoms with van der Waals surface area (Å²) in [5, 5.41) is 5.40. The molecule has 2 nitrogen and oxygen atoms in total. The first-order valence-electron chi connectivity index (χ1n) is 7.62. The van der Waals surface area contributed by atoms with Crippen molar-refractivity contribution >= 4 is 38.3 Å². The van der Waals surface area contributed by atoms with Gasteiger partial charge in [-0.25, -0.2) is 0 Å². The largest absolute Gasteiger partial charge is 0.326 e. The van der Waals surface area contributed by atoms with E-state index < -0.39 is 0 Å². The predicted octanol–water partition coefficient (Wildman–Crippen LogP) is 5.37. The summed E-state index contributed by atoms with van der Waals surface area (Å²) in [6, 6.07) is 12.3. The Kier molecular flexibility index (Phi) is 4.29. The molecule has 1 saturated carbocycles. The highest BCUT2D eigenvalue weighted by Crippen LogP contribution is 2.29. The van der Waals surface area contributed by atoms with Gasteiger partial charge in [-0.15, -0.1) is 0 Å². The zero-order chi connectivity index (χ0) is 14.8. The fourth-order valence-corrected chi connectivity index (χ4v) is 3.44. The molecule has 1 aliphatic rings. The lowest BCUT2D eigenvalue weighted by Gasteiger charge is -2.25. The van der Waals surface area contributed by atoms with Crippen LogP contribution in [0.3, 0.4) is 0 Å². The summed E-state index contributed by atoms with van der Waals surface area (Å²) in [5.74, 6) is 1.13. The van der Waals surface area contributed by atoms with Gasteiger partial charge < -0.3 is 5.32 Å². The summed E-state index contributed by atoms with van der Waals surface area (Å²) in [4.78, 5) is 12.3. The number of halogens is 1. The molecule has 0 spiro atoms. The Bertz CT molecular complexity index is 659. The highest BCUT2D eigenvalue weighted by atomic mass is 79.9. The number of carbonyl (C=O) groups excluding carboxylic acids is 1. The minimum atomic E-state index is 0.179. The minimum absolute atomic E-state index is 0.179. The molecule has 1 fully saturated rings. The highest BCUT2D eigenvalue weighted by molar-refractivity contribution is 9.10. The Morgan fingerprint density at radius 2 is 1.71 bits per heavy atom. The van der Waals surface area contributed by atoms with Crippen LogP contribution in [0.1, 0.15) is 32.6 Å². The van der Waals surface area contributed by atoms with Crippen LogP contribution in [0.25, 0.3) is 10.8 Å². The van der Waals surface area contributed by atoms with E-state index in [1.807, 2.05) is 18.2 Å². The van der Waals surface area contributed by atoms with Crippen LogP contribution >= 0.6 is 15.9 Å². The third-order valence-corrected chi connectivity index (χ3v) is 4.95. The van der Waals surface area contributed by atoms with Crippen molar-refractivity contribution in [1.29, 1.82) is 0 Å². The van der Waals surface area contributed by atoms with Gasteiger partial charge in [-0.2, -0.15) is 0 Å². The summed E-state index contributed by atoms with van der Waals surface area (Å²) in [5.41, 5.74) is 0.897. The van der Waals surface area contributed by atoms with E-state index in [2.05, 4.69) is 46.4 Å². The highest BCUT2D eigenvalue weighted by Gasteiger charge is 2.24. The number of rotatable bonds is 2. The quantitative estimate of drug-likeness (QED) is 0.778. The van der Waals surface area contributed by atoms with Gasteiger partial charge in [0, 0.05) is 16.1 Å². The second kappa shape index (κ2) is 6.18. The molecule has 3 rings (SSSR count). The van der Waals surface area contributed by atoms with Crippen molar-refractivity contribution in [2.24, 2.45) is 11.8 Å². The number of anilines is 1. The number of fused-ring (bicyclic) bond motifs is 1. The molecule has 0 heterocycles. The van der Waals surface area contributed by atoms with Crippen LogP contribution in [0.4, 0.5) is 5.69 Å². The van der Waals surface area contributed by atoms with Crippen LogP contribution < -0.4 is 5.32 Å². The Balaban J connectivity index is 1.72. The lowest BCUT2D eigenvalue weighted by atomic mass is 9.82. The van der Waals surface area contributed by atoms with E-state index in [0.717, 1.165) is 34.3 Å². The molecule has 2 aromatic carbocycles. The van der Waals surface area contributed by atoms with Gasteiger partial charge in [-0.05, 0) is 66.6 Å². The Morgan fingerprint density at radius 3 is 2.48 bits per heavy atom. The Morgan fingerprint density at radius 1 is 1.05 bits per heavy atom. The predicted molar refractivity (Wildman–Crippen MR) is 91.4 cm³/mol. The second-order valence-electron chi connectivity index (χ2n) is 6.15. The van der Waals surface area contributed by atoms with Crippen LogP contribution in [0, 0.1) is 11.8 Å². The zero-order valence-corrected chi connectivity index (χ0v) is 13.8. The summed E-state index contributed by atoms with van der Waals surface area (Å²) in [7, 11) is 0. The van der Waals surface area contributed by atoms with E-state index in [4.69, 9.17) is 0 Å². The standard InChI is InChI=1S/C18H20BrNO/c1-12-2-4-13(5-3-12)18(21)20-17-9-7-14-10-16(19)8-6-15(14)11-17/h6-13H,2-5H2,1H3,(H,20,21). The molecular weight excluding hydrogens is 326 g/mol. The molecule has 110 valence electrons. The normalized spacial score (nSPS) is 22.2. The van der Waals surface area contributed by atoms with Gasteiger partial charge in [0.25, 0.3) is 0 Å². The molecule has 0 aromatic heterocycles. The molecular formula is C18H20BrNO. The van der Waals surface area contributed by atoms with Crippen molar-refractivity contribution in [3.8, 4) is 0 Å². The summed E-state index contributed by atoms with van der Waals surface area (Å²) in [6.45, 7) is 2.27. The number of amides is 1. The maximum Gasteiger partial charge on any atom is 0.227 e. The van der Waals surface area contributed by atoms with E-state index in [0.29, 0.717) is 0 Å². The van der Waals surface area contributed by atoms with Gasteiger partial charge in [0.1, 0.15) is 0 Å². The van der Waals surface area contributed by atoms with Gasteiger partial charge in [0.15, 0.2) is 0 Å². The molecule has 0 atom stereocenters. The lowest BCUT2D eigenvalue weighted by molar-refractivity contribution is -0.121. The fraction of sp³-hybridized carbons (Fsp3) is 0.389. The van der Waals surface area contributed by atoms with Crippen LogP contribution in [0.5, 0.6) is 0 Å². The second-order valence-corrected chi connectivity index (χ2v) is 7.07. The molecule has 1 N–H and O–H groups in total. The lowest BCUT2D eigenvalue weighted by Crippen LogP contribution is -2.26. The van der Waals surface area contributed by atoms with Gasteiger partial charge in [0.2, 0.25) is 5.91 Å². The van der Waals surface area contributed by atoms with Gasteiger partial charge in [0.05, 0.1) is 0 Å². The number of carbonyl (C=O) groups is 1. The molecule has 3 heteroatoms. The first kappa shape index (κ1) is 14.6. The van der Waals surface area contributed by atoms with Crippen molar-refractivity contribution in [2.75, 3.05) is 5.32 Å². The van der Waals surface area contributed by atoms with Crippen molar-refractivity contribution < 1.29 is 4.79 Å². The molecule has 0 bridgehead atoms. The Hall–Kier alpha value is -1.35. The van der Waals surface area contributed by atoms with Crippen molar-refractivity contribution in [3.63, 3.8) is 0 Å². The summed E-state index contributed by atoms with van der Waals surface area (Å²) < 4.78 is 1.07. The van der Waals surface area contributed by atoms with E-state index in [9.17, 15) is 4.79 Å². The van der Waals surface area contributed by atoms with Crippen LogP contribution in [-0.2, 0) is 4.79 Å². The Labute approximate surface area is 134 Å². The maximum absolute atomic E-state index is 12.3. The monoisotopic (exact) mass is 345 g/mol. The third-order valence-electron chi connectivity index (χ3n) is 4.46. The first-order valence-corrected chi connectivity index (χ1v) is 8.41. The number of hydrogen-bond donors (Lipinski definition) is 1. The third kappa shape index (κ3) is 3.46. The summed E-state index contributed by atoms with van der Waals surface area (Å²) >= 11 is 3.48. The van der Waals surface area contributed by atoms with E-state index in [1.165, 1.54) is 18.2 Å². The van der Waals surface area contributed by atoms with Crippen molar-refractivity contribution in [1.82, 2.24) is 0 Å². The molecule has 1 aliphatic carbocycles. The van der Waals surface area contributed by atoms with E-state index >= 15 is 0 Å². The molecule has 0 unspecified atom stereocenters. The molecule has 0 aliphatic heterocycles. The average molecular weight is 346 g/mol. The van der Waals surface area contributed by atoms with Gasteiger partial charge >= 0.3 is 0 Å². The van der Waals surface area contributed by atoms with Gasteiger partial charge in [-0.3, -0.25) is 4.79 Å². The smallest absolute Gasteiger partial charge is 0.227 e. The van der Waals surface area contributed by atoms with Crippen LogP contribution in [0.2, 0.25) is 0 Å². The number of nitrogens with one attached hydrogen (secondary N) is 1. The van der Waals surface area contributed by atoms with Crippen LogP contribution in [0.15, 0.2) is 40.9 Å². The van der Waals surface area contributed by atoms with Gasteiger partial charge in [-0.1, -0.05) is 35.0 Å². The number of benzene rings is 2. The maximum atomic E-state index is 12.3. The molecule has 0 saturated heterocycles. The topological polar surface area (TPSA) is 29.1 Å². The first-order chi connectivity index (χ1) is 10.1.